The van der Waals surface area contributed by atoms with E-state index in [1.54, 1.807) is 13.7 Å². The van der Waals surface area contributed by atoms with Crippen molar-refractivity contribution in [3.8, 4) is 0 Å². The van der Waals surface area contributed by atoms with Gasteiger partial charge in [0.2, 0.25) is 0 Å². The Kier molecular flexibility index (Phi) is 9.45. The van der Waals surface area contributed by atoms with Crippen LogP contribution >= 0.6 is 0 Å². The molecule has 112 valence electrons. The highest BCUT2D eigenvalue weighted by molar-refractivity contribution is 6.59. The van der Waals surface area contributed by atoms with Crippen LogP contribution in [0.25, 0.3) is 0 Å². The molecule has 0 aromatic carbocycles. The number of nitrogens with zero attached hydrogens (tertiary/aromatic N) is 2. The van der Waals surface area contributed by atoms with E-state index < -0.39 is 8.80 Å². The van der Waals surface area contributed by atoms with Gasteiger partial charge >= 0.3 is 8.80 Å². The maximum atomic E-state index is 5.62. The lowest BCUT2D eigenvalue weighted by Gasteiger charge is -2.20. The predicted octanol–water partition coefficient (Wildman–Crippen LogP) is 2.82. The van der Waals surface area contributed by atoms with E-state index in [2.05, 4.69) is 10.3 Å². The molecule has 0 bridgehead atoms. The highest BCUT2D eigenvalue weighted by atomic mass is 28.4. The summed E-state index contributed by atoms with van der Waals surface area (Å²) in [5, 5.41) is 8.03. The van der Waals surface area contributed by atoms with Gasteiger partial charge in [-0.2, -0.15) is 0 Å². The van der Waals surface area contributed by atoms with E-state index in [9.17, 15) is 0 Å². The van der Waals surface area contributed by atoms with Crippen molar-refractivity contribution in [2.75, 3.05) is 20.3 Å². The second kappa shape index (κ2) is 9.94. The molecule has 0 aromatic heterocycles. The van der Waals surface area contributed by atoms with Crippen LogP contribution in [-0.2, 0) is 18.2 Å². The van der Waals surface area contributed by atoms with Crippen molar-refractivity contribution in [2.24, 2.45) is 10.3 Å². The Bertz CT molecular complexity index is 286. The highest BCUT2D eigenvalue weighted by Gasteiger charge is 2.41. The van der Waals surface area contributed by atoms with Crippen LogP contribution in [0.5, 0.6) is 0 Å². The normalized spacial score (nSPS) is 16.1. The molecule has 0 aliphatic carbocycles. The first-order valence-electron chi connectivity index (χ1n) is 6.53. The van der Waals surface area contributed by atoms with Crippen LogP contribution in [0.3, 0.4) is 0 Å². The molecule has 0 amide bonds. The molecule has 0 aromatic rings. The van der Waals surface area contributed by atoms with Crippen molar-refractivity contribution in [1.82, 2.24) is 0 Å². The fourth-order valence-corrected chi connectivity index (χ4v) is 2.07. The summed E-state index contributed by atoms with van der Waals surface area (Å²) >= 11 is 0. The Morgan fingerprint density at radius 1 is 0.947 bits per heavy atom. The van der Waals surface area contributed by atoms with Gasteiger partial charge in [0.1, 0.15) is 0 Å². The first-order valence-corrected chi connectivity index (χ1v) is 8.76. The van der Waals surface area contributed by atoms with Crippen molar-refractivity contribution in [3.05, 3.63) is 0 Å². The number of ether oxygens (including phenoxy) is 1. The summed E-state index contributed by atoms with van der Waals surface area (Å²) in [5.74, 6) is 0. The lowest BCUT2D eigenvalue weighted by Crippen LogP contribution is -2.41. The van der Waals surface area contributed by atoms with Crippen LogP contribution in [0.1, 0.15) is 40.5 Å². The van der Waals surface area contributed by atoms with Crippen LogP contribution in [0.15, 0.2) is 10.3 Å². The summed E-state index contributed by atoms with van der Waals surface area (Å²) in [4.78, 5) is 0. The summed E-state index contributed by atoms with van der Waals surface area (Å²) in [6.07, 6.45) is 1.64. The molecule has 0 rings (SSSR count). The standard InChI is InChI=1S/C12H26N2O4Si/c1-7-11(3)13-17-19(6,16-10-9-15-5)18-14-12(4)8-2/h7-10H2,1-6H3. The maximum Gasteiger partial charge on any atom is 0.670 e. The summed E-state index contributed by atoms with van der Waals surface area (Å²) < 4.78 is 21.4. The Labute approximate surface area is 117 Å². The van der Waals surface area contributed by atoms with Crippen LogP contribution in [-0.4, -0.2) is 40.6 Å². The molecule has 6 nitrogen and oxygen atoms in total. The second-order valence-corrected chi connectivity index (χ2v) is 6.63. The molecule has 0 unspecified atom stereocenters. The van der Waals surface area contributed by atoms with E-state index in [0.717, 1.165) is 24.3 Å². The van der Waals surface area contributed by atoms with E-state index in [1.165, 1.54) is 0 Å². The lowest BCUT2D eigenvalue weighted by atomic mass is 10.3. The zero-order valence-corrected chi connectivity index (χ0v) is 13.9. The quantitative estimate of drug-likeness (QED) is 0.269. The topological polar surface area (TPSA) is 61.6 Å². The van der Waals surface area contributed by atoms with Gasteiger partial charge in [-0.1, -0.05) is 13.8 Å². The van der Waals surface area contributed by atoms with Crippen LogP contribution < -0.4 is 0 Å². The molecule has 0 N–H and O–H groups in total. The van der Waals surface area contributed by atoms with Crippen molar-refractivity contribution in [3.63, 3.8) is 0 Å². The minimum absolute atomic E-state index is 0.389. The number of hydrogen-bond acceptors (Lipinski definition) is 6. The Morgan fingerprint density at radius 3 is 1.79 bits per heavy atom. The van der Waals surface area contributed by atoms with E-state index >= 15 is 0 Å². The Hall–Kier alpha value is -0.923. The largest absolute Gasteiger partial charge is 0.670 e. The molecule has 0 heterocycles. The summed E-state index contributed by atoms with van der Waals surface area (Å²) in [5.41, 5.74) is 1.77. The Balaban J connectivity index is 4.60. The monoisotopic (exact) mass is 290 g/mol. The smallest absolute Gasteiger partial charge is 0.383 e. The predicted molar refractivity (Wildman–Crippen MR) is 78.4 cm³/mol. The van der Waals surface area contributed by atoms with Crippen LogP contribution in [0, 0.1) is 0 Å². The van der Waals surface area contributed by atoms with Gasteiger partial charge in [0, 0.05) is 13.7 Å². The average molecular weight is 290 g/mol. The molecular formula is C12H26N2O4Si. The number of hydrogen-bond donors (Lipinski definition) is 0. The minimum atomic E-state index is -2.90. The van der Waals surface area contributed by atoms with Gasteiger partial charge in [-0.15, -0.1) is 10.3 Å². The van der Waals surface area contributed by atoms with E-state index in [-0.39, 0.29) is 0 Å². The molecule has 0 spiro atoms. The highest BCUT2D eigenvalue weighted by Crippen LogP contribution is 2.11. The van der Waals surface area contributed by atoms with E-state index in [4.69, 9.17) is 18.2 Å². The summed E-state index contributed by atoms with van der Waals surface area (Å²) in [6.45, 7) is 10.4. The molecule has 0 aliphatic rings. The average Bonchev–Trinajstić information content (AvgIpc) is 2.42. The fraction of sp³-hybridized carbons (Fsp3) is 0.833. The van der Waals surface area contributed by atoms with E-state index in [1.807, 2.05) is 27.7 Å². The van der Waals surface area contributed by atoms with Gasteiger partial charge in [-0.25, -0.2) is 0 Å². The number of methoxy groups -OCH3 is 1. The third-order valence-corrected chi connectivity index (χ3v) is 3.98. The van der Waals surface area contributed by atoms with Gasteiger partial charge in [-0.3, -0.25) is 0 Å². The van der Waals surface area contributed by atoms with Gasteiger partial charge in [0.25, 0.3) is 0 Å². The molecule has 19 heavy (non-hydrogen) atoms. The van der Waals surface area contributed by atoms with Crippen molar-refractivity contribution < 1.29 is 18.2 Å². The molecule has 0 saturated carbocycles. The second-order valence-electron chi connectivity index (χ2n) is 4.25. The first kappa shape index (κ1) is 18.1. The van der Waals surface area contributed by atoms with Crippen LogP contribution in [0.2, 0.25) is 6.55 Å². The number of rotatable bonds is 10. The SMILES string of the molecule is CCC(C)=NO[Si](C)(OCCOC)ON=C(C)CC. The Morgan fingerprint density at radius 2 is 1.42 bits per heavy atom. The molecule has 0 aliphatic heterocycles. The van der Waals surface area contributed by atoms with Crippen molar-refractivity contribution in [1.29, 1.82) is 0 Å². The lowest BCUT2D eigenvalue weighted by molar-refractivity contribution is 0.0475. The molecule has 0 radical (unpaired) electrons. The van der Waals surface area contributed by atoms with Gasteiger partial charge in [0.15, 0.2) is 0 Å². The van der Waals surface area contributed by atoms with Crippen molar-refractivity contribution in [2.45, 2.75) is 47.1 Å². The maximum absolute atomic E-state index is 5.62. The summed E-state index contributed by atoms with van der Waals surface area (Å²) in [7, 11) is -1.29. The third-order valence-electron chi connectivity index (χ3n) is 2.41. The minimum Gasteiger partial charge on any atom is -0.383 e. The third kappa shape index (κ3) is 8.74. The van der Waals surface area contributed by atoms with Gasteiger partial charge < -0.3 is 18.2 Å². The molecule has 0 fully saturated rings. The first-order chi connectivity index (χ1) is 8.97. The molecular weight excluding hydrogens is 264 g/mol. The van der Waals surface area contributed by atoms with Gasteiger partial charge in [-0.05, 0) is 26.7 Å². The molecule has 7 heteroatoms. The van der Waals surface area contributed by atoms with Crippen LogP contribution in [0.4, 0.5) is 0 Å². The summed E-state index contributed by atoms with van der Waals surface area (Å²) in [6, 6.07) is 0. The fourth-order valence-electron chi connectivity index (χ4n) is 0.831. The zero-order chi connectivity index (χ0) is 14.7. The van der Waals surface area contributed by atoms with E-state index in [0.29, 0.717) is 13.2 Å². The molecule has 0 atom stereocenters. The zero-order valence-electron chi connectivity index (χ0n) is 12.9. The molecule has 0 saturated heterocycles. The number of oxime groups is 2. The van der Waals surface area contributed by atoms with Gasteiger partial charge in [0.05, 0.1) is 24.6 Å². The van der Waals surface area contributed by atoms with Crippen molar-refractivity contribution >= 4 is 20.2 Å².